The number of benzene rings is 2. The van der Waals surface area contributed by atoms with Crippen LogP contribution in [-0.2, 0) is 0 Å². The van der Waals surface area contributed by atoms with Crippen molar-refractivity contribution < 1.29 is 4.42 Å². The predicted octanol–water partition coefficient (Wildman–Crippen LogP) is 6.27. The second-order valence-electron chi connectivity index (χ2n) is 3.80. The minimum absolute atomic E-state index is 0. The summed E-state index contributed by atoms with van der Waals surface area (Å²) in [4.78, 5) is 0. The van der Waals surface area contributed by atoms with Gasteiger partial charge in [0.05, 0.1) is 0 Å². The number of fused-ring (bicyclic) bond motifs is 3. The highest BCUT2D eigenvalue weighted by atomic mass is 16.3. The van der Waals surface area contributed by atoms with Gasteiger partial charge < -0.3 is 4.42 Å². The van der Waals surface area contributed by atoms with Crippen LogP contribution in [0.15, 0.2) is 52.9 Å². The lowest BCUT2D eigenvalue weighted by atomic mass is 10.2. The van der Waals surface area contributed by atoms with E-state index in [1.807, 2.05) is 36.4 Å². The van der Waals surface area contributed by atoms with Gasteiger partial charge in [-0.3, -0.25) is 0 Å². The Hall–Kier alpha value is -1.76. The van der Waals surface area contributed by atoms with Crippen molar-refractivity contribution >= 4 is 21.9 Å². The third kappa shape index (κ3) is 3.13. The van der Waals surface area contributed by atoms with Gasteiger partial charge in [-0.2, -0.15) is 0 Å². The molecule has 0 saturated carbocycles. The molecule has 3 aromatic rings. The molecule has 1 heteroatoms. The van der Waals surface area contributed by atoms with Crippen LogP contribution in [0.25, 0.3) is 21.9 Å². The number of hydrogen-bond acceptors (Lipinski definition) is 1. The van der Waals surface area contributed by atoms with Crippen LogP contribution in [0.3, 0.4) is 0 Å². The maximum Gasteiger partial charge on any atom is 0.135 e. The summed E-state index contributed by atoms with van der Waals surface area (Å²) in [6, 6.07) is 16.2. The normalized spacial score (nSPS) is 9.00. The van der Waals surface area contributed by atoms with Crippen molar-refractivity contribution in [3.63, 3.8) is 0 Å². The number of furan rings is 1. The van der Waals surface area contributed by atoms with E-state index in [-0.39, 0.29) is 14.9 Å². The lowest BCUT2D eigenvalue weighted by molar-refractivity contribution is 0.669. The van der Waals surface area contributed by atoms with E-state index < -0.39 is 0 Å². The Labute approximate surface area is 110 Å². The monoisotopic (exact) mass is 244 g/mol. The molecule has 0 fully saturated rings. The van der Waals surface area contributed by atoms with E-state index >= 15 is 0 Å². The third-order valence-electron chi connectivity index (χ3n) is 2.28. The molecule has 0 radical (unpaired) electrons. The summed E-state index contributed by atoms with van der Waals surface area (Å²) in [6.07, 6.45) is 1.25. The van der Waals surface area contributed by atoms with Gasteiger partial charge in [-0.05, 0) is 12.1 Å². The van der Waals surface area contributed by atoms with Crippen molar-refractivity contribution in [3.05, 3.63) is 48.5 Å². The molecule has 18 heavy (non-hydrogen) atoms. The summed E-state index contributed by atoms with van der Waals surface area (Å²) in [6.45, 7) is 4.25. The fourth-order valence-corrected chi connectivity index (χ4v) is 1.67. The first-order chi connectivity index (χ1) is 7.86. The van der Waals surface area contributed by atoms with E-state index in [4.69, 9.17) is 4.42 Å². The van der Waals surface area contributed by atoms with Gasteiger partial charge in [0.1, 0.15) is 11.2 Å². The Balaban J connectivity index is 0.000000533. The van der Waals surface area contributed by atoms with Crippen molar-refractivity contribution in [1.29, 1.82) is 0 Å². The van der Waals surface area contributed by atoms with Gasteiger partial charge in [0.15, 0.2) is 0 Å². The Morgan fingerprint density at radius 1 is 0.722 bits per heavy atom. The number of rotatable bonds is 0. The SMILES string of the molecule is C.C.CCC.c1ccc2c(c1)oc1ccccc12. The van der Waals surface area contributed by atoms with Crippen LogP contribution in [0.2, 0.25) is 0 Å². The molecule has 3 rings (SSSR count). The lowest BCUT2D eigenvalue weighted by Gasteiger charge is -1.85. The molecule has 0 aliphatic heterocycles. The van der Waals surface area contributed by atoms with E-state index in [2.05, 4.69) is 26.0 Å². The first-order valence-electron chi connectivity index (χ1n) is 5.73. The maximum absolute atomic E-state index is 5.65. The summed E-state index contributed by atoms with van der Waals surface area (Å²) in [5.74, 6) is 0. The fraction of sp³-hybridized carbons (Fsp3) is 0.294. The molecule has 2 aromatic carbocycles. The van der Waals surface area contributed by atoms with Gasteiger partial charge in [-0.1, -0.05) is 71.5 Å². The van der Waals surface area contributed by atoms with E-state index in [9.17, 15) is 0 Å². The molecule has 0 bridgehead atoms. The Bertz CT molecular complexity index is 528. The summed E-state index contributed by atoms with van der Waals surface area (Å²) in [7, 11) is 0. The van der Waals surface area contributed by atoms with Gasteiger partial charge in [-0.25, -0.2) is 0 Å². The number of hydrogen-bond donors (Lipinski definition) is 0. The van der Waals surface area contributed by atoms with Crippen molar-refractivity contribution in [3.8, 4) is 0 Å². The van der Waals surface area contributed by atoms with Crippen LogP contribution in [0.5, 0.6) is 0 Å². The molecular formula is C17H24O. The van der Waals surface area contributed by atoms with Crippen LogP contribution in [-0.4, -0.2) is 0 Å². The van der Waals surface area contributed by atoms with E-state index in [0.717, 1.165) is 11.2 Å². The average molecular weight is 244 g/mol. The molecule has 0 spiro atoms. The van der Waals surface area contributed by atoms with Gasteiger partial charge in [-0.15, -0.1) is 0 Å². The van der Waals surface area contributed by atoms with Gasteiger partial charge in [0.2, 0.25) is 0 Å². The van der Waals surface area contributed by atoms with E-state index in [1.165, 1.54) is 17.2 Å². The quantitative estimate of drug-likeness (QED) is 0.454. The summed E-state index contributed by atoms with van der Waals surface area (Å²) in [5, 5.41) is 2.39. The Morgan fingerprint density at radius 3 is 1.44 bits per heavy atom. The average Bonchev–Trinajstić information content (AvgIpc) is 2.68. The number of para-hydroxylation sites is 2. The standard InChI is InChI=1S/C12H8O.C3H8.2CH4/c1-3-7-11-9(5-1)10-6-2-4-8-12(10)13-11;1-3-2;;/h1-8H;3H2,1-2H3;2*1H4. The second kappa shape index (κ2) is 7.54. The Kier molecular flexibility index (Phi) is 6.81. The van der Waals surface area contributed by atoms with Gasteiger partial charge in [0, 0.05) is 10.8 Å². The molecule has 0 aliphatic carbocycles. The first-order valence-corrected chi connectivity index (χ1v) is 5.73. The molecule has 98 valence electrons. The summed E-state index contributed by atoms with van der Waals surface area (Å²) in [5.41, 5.74) is 1.92. The topological polar surface area (TPSA) is 13.1 Å². The summed E-state index contributed by atoms with van der Waals surface area (Å²) >= 11 is 0. The van der Waals surface area contributed by atoms with Crippen LogP contribution in [0, 0.1) is 0 Å². The third-order valence-corrected chi connectivity index (χ3v) is 2.28. The molecule has 0 saturated heterocycles. The largest absolute Gasteiger partial charge is 0.456 e. The molecule has 0 unspecified atom stereocenters. The van der Waals surface area contributed by atoms with Gasteiger partial charge in [0.25, 0.3) is 0 Å². The van der Waals surface area contributed by atoms with Crippen LogP contribution < -0.4 is 0 Å². The zero-order valence-corrected chi connectivity index (χ0v) is 9.73. The van der Waals surface area contributed by atoms with Crippen LogP contribution >= 0.6 is 0 Å². The maximum atomic E-state index is 5.65. The minimum Gasteiger partial charge on any atom is -0.456 e. The molecule has 1 aromatic heterocycles. The fourth-order valence-electron chi connectivity index (χ4n) is 1.67. The molecular weight excluding hydrogens is 220 g/mol. The molecule has 0 aliphatic rings. The van der Waals surface area contributed by atoms with E-state index in [0.29, 0.717) is 0 Å². The van der Waals surface area contributed by atoms with Crippen molar-refractivity contribution in [2.45, 2.75) is 35.1 Å². The highest BCUT2D eigenvalue weighted by Gasteiger charge is 2.03. The molecule has 1 heterocycles. The Morgan fingerprint density at radius 2 is 1.06 bits per heavy atom. The molecule has 0 atom stereocenters. The van der Waals surface area contributed by atoms with Crippen LogP contribution in [0.4, 0.5) is 0 Å². The van der Waals surface area contributed by atoms with Crippen molar-refractivity contribution in [1.82, 2.24) is 0 Å². The molecule has 0 N–H and O–H groups in total. The minimum atomic E-state index is 0. The predicted molar refractivity (Wildman–Crippen MR) is 83.1 cm³/mol. The van der Waals surface area contributed by atoms with E-state index in [1.54, 1.807) is 0 Å². The molecule has 1 nitrogen and oxygen atoms in total. The smallest absolute Gasteiger partial charge is 0.135 e. The lowest BCUT2D eigenvalue weighted by Crippen LogP contribution is -1.62. The zero-order valence-electron chi connectivity index (χ0n) is 9.73. The highest BCUT2D eigenvalue weighted by molar-refractivity contribution is 6.04. The second-order valence-corrected chi connectivity index (χ2v) is 3.80. The highest BCUT2D eigenvalue weighted by Crippen LogP contribution is 2.27. The van der Waals surface area contributed by atoms with Crippen molar-refractivity contribution in [2.75, 3.05) is 0 Å². The molecule has 0 amide bonds. The van der Waals surface area contributed by atoms with Crippen LogP contribution in [0.1, 0.15) is 35.1 Å². The van der Waals surface area contributed by atoms with Crippen molar-refractivity contribution in [2.24, 2.45) is 0 Å². The zero-order chi connectivity index (χ0) is 11.4. The van der Waals surface area contributed by atoms with Gasteiger partial charge >= 0.3 is 0 Å². The first kappa shape index (κ1) is 16.2. The summed E-state index contributed by atoms with van der Waals surface area (Å²) < 4.78 is 5.65.